The van der Waals surface area contributed by atoms with E-state index >= 15 is 0 Å². The van der Waals surface area contributed by atoms with Crippen molar-refractivity contribution >= 4 is 33.5 Å². The van der Waals surface area contributed by atoms with Crippen LogP contribution in [0.2, 0.25) is 0 Å². The number of Topliss-reactive ketones (excluding diaryl/α,β-unsaturated/α-hetero) is 2. The highest BCUT2D eigenvalue weighted by Gasteiger charge is 2.19. The fraction of sp³-hybridized carbons (Fsp3) is 0.286. The van der Waals surface area contributed by atoms with Crippen molar-refractivity contribution in [3.63, 3.8) is 0 Å². The first-order chi connectivity index (χ1) is 17.7. The Labute approximate surface area is 211 Å². The Hall–Kier alpha value is -4.24. The molecule has 0 bridgehead atoms. The maximum absolute atomic E-state index is 12.3. The number of fused-ring (bicyclic) bond motifs is 2. The largest absolute Gasteiger partial charge is 0.490 e. The fourth-order valence-corrected chi connectivity index (χ4v) is 4.16. The molecule has 0 aliphatic carbocycles. The van der Waals surface area contributed by atoms with E-state index in [-0.39, 0.29) is 60.3 Å². The van der Waals surface area contributed by atoms with Gasteiger partial charge in [0, 0.05) is 22.9 Å². The molecule has 192 valence electrons. The van der Waals surface area contributed by atoms with E-state index in [1.165, 1.54) is 26.0 Å². The molecular weight excluding hydrogens is 480 g/mol. The molecule has 0 amide bonds. The average Bonchev–Trinajstić information content (AvgIpc) is 2.82. The molecule has 2 aromatic heterocycles. The lowest BCUT2D eigenvalue weighted by Crippen LogP contribution is -2.14. The van der Waals surface area contributed by atoms with Gasteiger partial charge in [0.05, 0.1) is 13.2 Å². The van der Waals surface area contributed by atoms with Crippen LogP contribution in [0.1, 0.15) is 45.7 Å². The minimum Gasteiger partial charge on any atom is -0.490 e. The van der Waals surface area contributed by atoms with Crippen LogP contribution in [0.25, 0.3) is 21.9 Å². The summed E-state index contributed by atoms with van der Waals surface area (Å²) in [6.45, 7) is 6.98. The van der Waals surface area contributed by atoms with Crippen LogP contribution in [0.5, 0.6) is 11.5 Å². The Balaban J connectivity index is 1.36. The number of ketones is 2. The van der Waals surface area contributed by atoms with Crippen LogP contribution < -0.4 is 20.7 Å². The average molecular weight is 507 g/mol. The molecule has 0 unspecified atom stereocenters. The van der Waals surface area contributed by atoms with E-state index in [9.17, 15) is 19.2 Å². The summed E-state index contributed by atoms with van der Waals surface area (Å²) in [5.41, 5.74) is 1.15. The third-order valence-corrected chi connectivity index (χ3v) is 5.84. The van der Waals surface area contributed by atoms with Crippen LogP contribution in [0, 0.1) is 13.8 Å². The molecule has 0 spiro atoms. The second-order valence-corrected chi connectivity index (χ2v) is 8.55. The van der Waals surface area contributed by atoms with Gasteiger partial charge in [-0.25, -0.2) is 9.59 Å². The van der Waals surface area contributed by atoms with Gasteiger partial charge in [0.1, 0.15) is 35.8 Å². The van der Waals surface area contributed by atoms with Gasteiger partial charge in [-0.15, -0.1) is 0 Å². The van der Waals surface area contributed by atoms with Crippen molar-refractivity contribution in [1.29, 1.82) is 0 Å². The molecular formula is C28H26O9. The summed E-state index contributed by atoms with van der Waals surface area (Å²) < 4.78 is 27.6. The molecule has 4 rings (SSSR count). The Morgan fingerprint density at radius 1 is 0.676 bits per heavy atom. The van der Waals surface area contributed by atoms with Crippen molar-refractivity contribution in [3.8, 4) is 11.5 Å². The first-order valence-electron chi connectivity index (χ1n) is 11.7. The summed E-state index contributed by atoms with van der Waals surface area (Å²) in [7, 11) is 0. The van der Waals surface area contributed by atoms with Crippen molar-refractivity contribution < 1.29 is 32.6 Å². The highest BCUT2D eigenvalue weighted by atomic mass is 16.5. The molecule has 0 aliphatic heterocycles. The monoisotopic (exact) mass is 506 g/mol. The van der Waals surface area contributed by atoms with E-state index in [2.05, 4.69) is 0 Å². The zero-order valence-electron chi connectivity index (χ0n) is 21.0. The third-order valence-electron chi connectivity index (χ3n) is 5.84. The fourth-order valence-electron chi connectivity index (χ4n) is 4.16. The minimum absolute atomic E-state index is 0.140. The summed E-state index contributed by atoms with van der Waals surface area (Å²) in [4.78, 5) is 48.2. The van der Waals surface area contributed by atoms with Gasteiger partial charge in [0.15, 0.2) is 22.7 Å². The van der Waals surface area contributed by atoms with Crippen LogP contribution in [0.3, 0.4) is 0 Å². The number of carbonyl (C=O) groups excluding carboxylic acids is 2. The SMILES string of the molecule is CC(=O)c1c(OCCOCCOc2ccc3c(C)cc(=O)oc3c2C(C)=O)ccc2c(C)cc(=O)oc12. The topological polar surface area (TPSA) is 122 Å². The molecule has 2 aromatic carbocycles. The van der Waals surface area contributed by atoms with Crippen molar-refractivity contribution in [3.05, 3.63) is 79.5 Å². The molecule has 37 heavy (non-hydrogen) atoms. The van der Waals surface area contributed by atoms with Gasteiger partial charge in [-0.3, -0.25) is 9.59 Å². The van der Waals surface area contributed by atoms with Gasteiger partial charge in [-0.05, 0) is 63.1 Å². The van der Waals surface area contributed by atoms with E-state index < -0.39 is 11.3 Å². The van der Waals surface area contributed by atoms with Crippen LogP contribution in [0.15, 0.2) is 54.8 Å². The Bertz CT molecular complexity index is 1500. The molecule has 0 saturated carbocycles. The van der Waals surface area contributed by atoms with E-state index in [0.29, 0.717) is 33.4 Å². The number of carbonyl (C=O) groups is 2. The lowest BCUT2D eigenvalue weighted by molar-refractivity contribution is 0.0754. The quantitative estimate of drug-likeness (QED) is 0.175. The number of hydrogen-bond acceptors (Lipinski definition) is 9. The smallest absolute Gasteiger partial charge is 0.336 e. The van der Waals surface area contributed by atoms with Gasteiger partial charge in [-0.2, -0.15) is 0 Å². The van der Waals surface area contributed by atoms with Crippen molar-refractivity contribution in [1.82, 2.24) is 0 Å². The predicted molar refractivity (Wildman–Crippen MR) is 136 cm³/mol. The summed E-state index contributed by atoms with van der Waals surface area (Å²) in [6.07, 6.45) is 0. The van der Waals surface area contributed by atoms with E-state index in [4.69, 9.17) is 23.0 Å². The summed E-state index contributed by atoms with van der Waals surface area (Å²) in [5.74, 6) is 0.0259. The highest BCUT2D eigenvalue weighted by molar-refractivity contribution is 6.08. The van der Waals surface area contributed by atoms with Gasteiger partial charge >= 0.3 is 11.3 Å². The van der Waals surface area contributed by atoms with Crippen molar-refractivity contribution in [2.24, 2.45) is 0 Å². The second kappa shape index (κ2) is 10.8. The molecule has 0 saturated heterocycles. The highest BCUT2D eigenvalue weighted by Crippen LogP contribution is 2.30. The lowest BCUT2D eigenvalue weighted by atomic mass is 10.0. The van der Waals surface area contributed by atoms with E-state index in [1.54, 1.807) is 38.1 Å². The maximum Gasteiger partial charge on any atom is 0.336 e. The molecule has 0 aliphatic rings. The lowest BCUT2D eigenvalue weighted by Gasteiger charge is -2.14. The van der Waals surface area contributed by atoms with Crippen LogP contribution in [0.4, 0.5) is 0 Å². The molecule has 0 N–H and O–H groups in total. The first kappa shape index (κ1) is 25.8. The third kappa shape index (κ3) is 5.46. The number of rotatable bonds is 10. The van der Waals surface area contributed by atoms with Gasteiger partial charge in [0.25, 0.3) is 0 Å². The van der Waals surface area contributed by atoms with Crippen LogP contribution in [-0.2, 0) is 4.74 Å². The molecule has 4 aromatic rings. The number of hydrogen-bond donors (Lipinski definition) is 0. The predicted octanol–water partition coefficient (Wildman–Crippen LogP) is 4.40. The molecule has 0 fully saturated rings. The van der Waals surface area contributed by atoms with Crippen LogP contribution in [-0.4, -0.2) is 38.0 Å². The van der Waals surface area contributed by atoms with Crippen LogP contribution >= 0.6 is 0 Å². The Kier molecular flexibility index (Phi) is 7.54. The van der Waals surface area contributed by atoms with Gasteiger partial charge in [-0.1, -0.05) is 0 Å². The minimum atomic E-state index is -0.537. The van der Waals surface area contributed by atoms with Gasteiger partial charge < -0.3 is 23.0 Å². The molecule has 0 radical (unpaired) electrons. The molecule has 9 heteroatoms. The maximum atomic E-state index is 12.3. The van der Waals surface area contributed by atoms with E-state index in [1.807, 2.05) is 0 Å². The standard InChI is InChI=1S/C28H26O9/c1-15-13-23(31)36-27-19(15)5-7-21(25(27)17(3)29)34-11-9-33-10-12-35-22-8-6-20-16(2)14-24(32)37-28(20)26(22)18(4)30/h5-8,13-14H,9-12H2,1-4H3. The van der Waals surface area contributed by atoms with Crippen molar-refractivity contribution in [2.45, 2.75) is 27.7 Å². The molecule has 0 atom stereocenters. The van der Waals surface area contributed by atoms with Crippen molar-refractivity contribution in [2.75, 3.05) is 26.4 Å². The summed E-state index contributed by atoms with van der Waals surface area (Å²) in [6, 6.07) is 9.55. The molecule has 9 nitrogen and oxygen atoms in total. The Morgan fingerprint density at radius 3 is 1.46 bits per heavy atom. The first-order valence-corrected chi connectivity index (χ1v) is 11.7. The zero-order chi connectivity index (χ0) is 26.7. The normalized spacial score (nSPS) is 11.1. The second-order valence-electron chi connectivity index (χ2n) is 8.55. The number of aryl methyl sites for hydroxylation is 2. The summed E-state index contributed by atoms with van der Waals surface area (Å²) in [5, 5.41) is 1.33. The Morgan fingerprint density at radius 2 is 1.08 bits per heavy atom. The zero-order valence-corrected chi connectivity index (χ0v) is 21.0. The summed E-state index contributed by atoms with van der Waals surface area (Å²) >= 11 is 0. The number of ether oxygens (including phenoxy) is 3. The van der Waals surface area contributed by atoms with E-state index in [0.717, 1.165) is 0 Å². The van der Waals surface area contributed by atoms with Gasteiger partial charge in [0.2, 0.25) is 0 Å². The molecule has 2 heterocycles. The number of benzene rings is 2.